The van der Waals surface area contributed by atoms with Crippen molar-refractivity contribution in [2.24, 2.45) is 0 Å². The van der Waals surface area contributed by atoms with Gasteiger partial charge in [-0.05, 0) is 42.3 Å². The highest BCUT2D eigenvalue weighted by Gasteiger charge is 2.35. The number of hydrogen-bond donors (Lipinski definition) is 0. The minimum atomic E-state index is -0.489. The number of rotatable bonds is 6. The molecule has 150 valence electrons. The number of ether oxygens (including phenoxy) is 1. The number of aryl methyl sites for hydroxylation is 2. The zero-order chi connectivity index (χ0) is 20.4. The Labute approximate surface area is 172 Å². The molecule has 0 spiro atoms. The van der Waals surface area contributed by atoms with Crippen LogP contribution in [0.3, 0.4) is 0 Å². The van der Waals surface area contributed by atoms with Gasteiger partial charge in [-0.3, -0.25) is 4.79 Å². The van der Waals surface area contributed by atoms with E-state index in [4.69, 9.17) is 20.9 Å². The first kappa shape index (κ1) is 19.4. The summed E-state index contributed by atoms with van der Waals surface area (Å²) in [6.07, 6.45) is 1.53. The molecule has 1 unspecified atom stereocenters. The molecule has 1 fully saturated rings. The monoisotopic (exact) mass is 415 g/mol. The normalized spacial score (nSPS) is 16.4. The van der Waals surface area contributed by atoms with Crippen LogP contribution in [0.15, 0.2) is 47.0 Å². The molecule has 1 atom stereocenters. The van der Waals surface area contributed by atoms with Crippen LogP contribution in [0.25, 0.3) is 0 Å². The molecule has 0 N–H and O–H groups in total. The zero-order valence-corrected chi connectivity index (χ0v) is 16.5. The van der Waals surface area contributed by atoms with Crippen molar-refractivity contribution in [1.82, 2.24) is 10.1 Å². The average Bonchev–Trinajstić information content (AvgIpc) is 3.35. The molecule has 8 heteroatoms. The van der Waals surface area contributed by atoms with Gasteiger partial charge in [-0.1, -0.05) is 28.9 Å². The molecule has 1 amide bonds. The molecule has 1 aliphatic rings. The molecule has 6 nitrogen and oxygen atoms in total. The number of halogens is 2. The Morgan fingerprint density at radius 3 is 2.79 bits per heavy atom. The predicted molar refractivity (Wildman–Crippen MR) is 106 cm³/mol. The van der Waals surface area contributed by atoms with E-state index in [1.807, 2.05) is 24.3 Å². The van der Waals surface area contributed by atoms with Crippen molar-refractivity contribution < 1.29 is 18.4 Å². The fourth-order valence-corrected chi connectivity index (χ4v) is 3.55. The minimum Gasteiger partial charge on any atom is -0.497 e. The second-order valence-electron chi connectivity index (χ2n) is 6.90. The fourth-order valence-electron chi connectivity index (χ4n) is 3.38. The minimum absolute atomic E-state index is 0.174. The maximum Gasteiger partial charge on any atom is 0.227 e. The number of aromatic nitrogens is 2. The highest BCUT2D eigenvalue weighted by atomic mass is 35.5. The number of amides is 1. The predicted octanol–water partition coefficient (Wildman–Crippen LogP) is 4.18. The van der Waals surface area contributed by atoms with E-state index in [2.05, 4.69) is 10.1 Å². The first-order valence-corrected chi connectivity index (χ1v) is 9.62. The largest absolute Gasteiger partial charge is 0.497 e. The van der Waals surface area contributed by atoms with Crippen molar-refractivity contribution in [1.29, 1.82) is 0 Å². The van der Waals surface area contributed by atoms with Gasteiger partial charge in [-0.25, -0.2) is 4.39 Å². The third kappa shape index (κ3) is 4.24. The van der Waals surface area contributed by atoms with Crippen LogP contribution in [-0.2, 0) is 17.6 Å². The molecule has 2 heterocycles. The van der Waals surface area contributed by atoms with Gasteiger partial charge in [-0.2, -0.15) is 4.98 Å². The second kappa shape index (κ2) is 8.21. The summed E-state index contributed by atoms with van der Waals surface area (Å²) in [5.74, 6) is 0.848. The van der Waals surface area contributed by atoms with Crippen molar-refractivity contribution in [2.45, 2.75) is 25.2 Å². The molecule has 2 aromatic carbocycles. The van der Waals surface area contributed by atoms with E-state index in [1.54, 1.807) is 7.11 Å². The molecule has 3 aromatic rings. The van der Waals surface area contributed by atoms with Crippen LogP contribution < -0.4 is 9.64 Å². The van der Waals surface area contributed by atoms with Crippen LogP contribution in [0.2, 0.25) is 5.02 Å². The van der Waals surface area contributed by atoms with Gasteiger partial charge >= 0.3 is 0 Å². The third-order valence-electron chi connectivity index (χ3n) is 4.96. The Balaban J connectivity index is 1.41. The lowest BCUT2D eigenvalue weighted by Crippen LogP contribution is -2.25. The van der Waals surface area contributed by atoms with E-state index in [9.17, 15) is 9.18 Å². The van der Waals surface area contributed by atoms with E-state index in [1.165, 1.54) is 23.1 Å². The second-order valence-corrected chi connectivity index (χ2v) is 7.33. The summed E-state index contributed by atoms with van der Waals surface area (Å²) in [6, 6.07) is 11.9. The number of methoxy groups -OCH3 is 1. The van der Waals surface area contributed by atoms with E-state index >= 15 is 0 Å². The molecule has 0 aliphatic carbocycles. The number of carbonyl (C=O) groups is 1. The van der Waals surface area contributed by atoms with Crippen LogP contribution in [0.1, 0.15) is 29.6 Å². The molecule has 0 bridgehead atoms. The number of anilines is 1. The fraction of sp³-hybridized carbons (Fsp3) is 0.286. The zero-order valence-electron chi connectivity index (χ0n) is 15.8. The lowest BCUT2D eigenvalue weighted by Gasteiger charge is -2.17. The lowest BCUT2D eigenvalue weighted by molar-refractivity contribution is -0.117. The Morgan fingerprint density at radius 2 is 2.03 bits per heavy atom. The molecular weight excluding hydrogens is 397 g/mol. The molecule has 1 aliphatic heterocycles. The van der Waals surface area contributed by atoms with Crippen LogP contribution >= 0.6 is 11.6 Å². The van der Waals surface area contributed by atoms with Crippen LogP contribution in [0.4, 0.5) is 10.1 Å². The topological polar surface area (TPSA) is 68.5 Å². The molecule has 1 aromatic heterocycles. The van der Waals surface area contributed by atoms with E-state index < -0.39 is 5.82 Å². The maximum absolute atomic E-state index is 14.1. The lowest BCUT2D eigenvalue weighted by atomic mass is 10.1. The van der Waals surface area contributed by atoms with Gasteiger partial charge in [-0.15, -0.1) is 0 Å². The number of nitrogens with zero attached hydrogens (tertiary/aromatic N) is 3. The van der Waals surface area contributed by atoms with E-state index in [0.29, 0.717) is 23.2 Å². The van der Waals surface area contributed by atoms with Crippen molar-refractivity contribution in [3.8, 4) is 5.75 Å². The SMILES string of the molecule is COc1ccc(CCc2nc(C3CC(=O)N(c4cc(Cl)ccc4F)C3)no2)cc1. The van der Waals surface area contributed by atoms with Gasteiger partial charge in [0.2, 0.25) is 11.8 Å². The summed E-state index contributed by atoms with van der Waals surface area (Å²) in [7, 11) is 1.63. The Hall–Kier alpha value is -2.93. The summed E-state index contributed by atoms with van der Waals surface area (Å²) in [6.45, 7) is 0.285. The van der Waals surface area contributed by atoms with Gasteiger partial charge < -0.3 is 14.2 Å². The van der Waals surface area contributed by atoms with Gasteiger partial charge in [0.15, 0.2) is 5.82 Å². The Bertz CT molecular complexity index is 1020. The summed E-state index contributed by atoms with van der Waals surface area (Å²) < 4.78 is 24.6. The molecule has 29 heavy (non-hydrogen) atoms. The van der Waals surface area contributed by atoms with Crippen molar-refractivity contribution >= 4 is 23.2 Å². The Morgan fingerprint density at radius 1 is 1.24 bits per heavy atom. The van der Waals surface area contributed by atoms with Gasteiger partial charge in [0.25, 0.3) is 0 Å². The molecular formula is C21H19ClFN3O3. The highest BCUT2D eigenvalue weighted by molar-refractivity contribution is 6.31. The Kier molecular flexibility index (Phi) is 5.49. The number of benzene rings is 2. The van der Waals surface area contributed by atoms with Crippen LogP contribution in [-0.4, -0.2) is 29.7 Å². The van der Waals surface area contributed by atoms with E-state index in [0.717, 1.165) is 17.7 Å². The van der Waals surface area contributed by atoms with Crippen LogP contribution in [0.5, 0.6) is 5.75 Å². The molecule has 0 radical (unpaired) electrons. The van der Waals surface area contributed by atoms with Gasteiger partial charge in [0, 0.05) is 30.3 Å². The van der Waals surface area contributed by atoms with Crippen molar-refractivity contribution in [3.05, 3.63) is 70.6 Å². The highest BCUT2D eigenvalue weighted by Crippen LogP contribution is 2.33. The summed E-state index contributed by atoms with van der Waals surface area (Å²) in [5.41, 5.74) is 1.30. The van der Waals surface area contributed by atoms with Crippen LogP contribution in [0, 0.1) is 5.82 Å². The number of hydrogen-bond acceptors (Lipinski definition) is 5. The third-order valence-corrected chi connectivity index (χ3v) is 5.19. The first-order chi connectivity index (χ1) is 14.0. The standard InChI is InChI=1S/C21H19ClFN3O3/c1-28-16-6-2-13(3-7-16)4-9-19-24-21(25-29-19)14-10-20(27)26(12-14)18-11-15(22)5-8-17(18)23/h2-3,5-8,11,14H,4,9-10,12H2,1H3. The van der Waals surface area contributed by atoms with Gasteiger partial charge in [0.1, 0.15) is 11.6 Å². The maximum atomic E-state index is 14.1. The quantitative estimate of drug-likeness (QED) is 0.604. The summed E-state index contributed by atoms with van der Waals surface area (Å²) in [4.78, 5) is 18.2. The molecule has 0 saturated carbocycles. The number of carbonyl (C=O) groups excluding carboxylic acids is 1. The summed E-state index contributed by atoms with van der Waals surface area (Å²) in [5, 5.41) is 4.41. The first-order valence-electron chi connectivity index (χ1n) is 9.24. The van der Waals surface area contributed by atoms with Crippen molar-refractivity contribution in [2.75, 3.05) is 18.6 Å². The molecule has 1 saturated heterocycles. The van der Waals surface area contributed by atoms with Gasteiger partial charge in [0.05, 0.1) is 12.8 Å². The van der Waals surface area contributed by atoms with Crippen molar-refractivity contribution in [3.63, 3.8) is 0 Å². The average molecular weight is 416 g/mol. The smallest absolute Gasteiger partial charge is 0.227 e. The molecule has 4 rings (SSSR count). The summed E-state index contributed by atoms with van der Waals surface area (Å²) >= 11 is 5.95. The van der Waals surface area contributed by atoms with E-state index in [-0.39, 0.29) is 30.5 Å².